The smallest absolute Gasteiger partial charge is 0.230 e. The maximum absolute atomic E-state index is 5.48. The molecule has 0 amide bonds. The molecule has 23 heavy (non-hydrogen) atoms. The van der Waals surface area contributed by atoms with Gasteiger partial charge in [0.25, 0.3) is 0 Å². The summed E-state index contributed by atoms with van der Waals surface area (Å²) in [7, 11) is 1.64. The number of fused-ring (bicyclic) bond motifs is 1. The predicted molar refractivity (Wildman–Crippen MR) is 89.4 cm³/mol. The molecule has 0 aliphatic carbocycles. The first kappa shape index (κ1) is 14.0. The van der Waals surface area contributed by atoms with Crippen LogP contribution in [0.4, 0.5) is 5.95 Å². The van der Waals surface area contributed by atoms with Gasteiger partial charge in [-0.1, -0.05) is 18.2 Å². The second-order valence-corrected chi connectivity index (χ2v) is 5.82. The number of hydrogen-bond acceptors (Lipinski definition) is 5. The predicted octanol–water partition coefficient (Wildman–Crippen LogP) is 2.73. The Morgan fingerprint density at radius 1 is 1.09 bits per heavy atom. The molecule has 0 N–H and O–H groups in total. The molecule has 1 aliphatic rings. The van der Waals surface area contributed by atoms with Gasteiger partial charge in [-0.15, -0.1) is 5.10 Å². The summed E-state index contributed by atoms with van der Waals surface area (Å²) in [4.78, 5) is 11.4. The van der Waals surface area contributed by atoms with Crippen LogP contribution in [0.15, 0.2) is 30.5 Å². The Bertz CT molecular complexity index is 851. The summed E-state index contributed by atoms with van der Waals surface area (Å²) in [6, 6.07) is 8.14. The van der Waals surface area contributed by atoms with E-state index in [-0.39, 0.29) is 0 Å². The molecule has 0 radical (unpaired) electrons. The number of rotatable bonds is 3. The number of ether oxygens (including phenoxy) is 1. The van der Waals surface area contributed by atoms with Crippen molar-refractivity contribution in [2.75, 3.05) is 25.1 Å². The zero-order valence-corrected chi connectivity index (χ0v) is 13.4. The number of methoxy groups -OCH3 is 1. The van der Waals surface area contributed by atoms with Gasteiger partial charge in [-0.25, -0.2) is 4.68 Å². The Hall–Kier alpha value is -2.63. The SMILES string of the molecule is COc1nc(N2CCCC2)nc2nn(-c3ccccc3C)cc12. The molecular formula is C17H19N5O. The maximum Gasteiger partial charge on any atom is 0.230 e. The largest absolute Gasteiger partial charge is 0.480 e. The standard InChI is InChI=1S/C17H19N5O/c1-12-7-3-4-8-14(12)22-11-13-15(20-22)18-17(19-16(13)23-2)21-9-5-6-10-21/h3-4,7-8,11H,5-6,9-10H2,1-2H3. The molecule has 0 spiro atoms. The second kappa shape index (κ2) is 5.53. The van der Waals surface area contributed by atoms with Crippen LogP contribution in [0.25, 0.3) is 16.7 Å². The summed E-state index contributed by atoms with van der Waals surface area (Å²) < 4.78 is 7.33. The summed E-state index contributed by atoms with van der Waals surface area (Å²) in [5.41, 5.74) is 2.87. The minimum atomic E-state index is 0.580. The molecule has 6 nitrogen and oxygen atoms in total. The van der Waals surface area contributed by atoms with Crippen LogP contribution in [0, 0.1) is 6.92 Å². The average Bonchev–Trinajstić information content (AvgIpc) is 3.23. The average molecular weight is 309 g/mol. The van der Waals surface area contributed by atoms with Gasteiger partial charge < -0.3 is 9.64 Å². The van der Waals surface area contributed by atoms with Crippen LogP contribution in [0.2, 0.25) is 0 Å². The Morgan fingerprint density at radius 3 is 2.61 bits per heavy atom. The fourth-order valence-corrected chi connectivity index (χ4v) is 3.03. The highest BCUT2D eigenvalue weighted by Gasteiger charge is 2.19. The van der Waals surface area contributed by atoms with Crippen LogP contribution in [0.5, 0.6) is 5.88 Å². The minimum Gasteiger partial charge on any atom is -0.480 e. The lowest BCUT2D eigenvalue weighted by molar-refractivity contribution is 0.402. The number of aryl methyl sites for hydroxylation is 1. The lowest BCUT2D eigenvalue weighted by Crippen LogP contribution is -2.20. The van der Waals surface area contributed by atoms with E-state index in [2.05, 4.69) is 33.0 Å². The number of benzene rings is 1. The number of anilines is 1. The van der Waals surface area contributed by atoms with Gasteiger partial charge in [0.1, 0.15) is 5.39 Å². The molecule has 1 aromatic carbocycles. The Morgan fingerprint density at radius 2 is 1.87 bits per heavy atom. The highest BCUT2D eigenvalue weighted by Crippen LogP contribution is 2.27. The van der Waals surface area contributed by atoms with Crippen molar-refractivity contribution in [1.29, 1.82) is 0 Å². The maximum atomic E-state index is 5.48. The van der Waals surface area contributed by atoms with E-state index in [1.165, 1.54) is 12.8 Å². The summed E-state index contributed by atoms with van der Waals surface area (Å²) >= 11 is 0. The normalized spacial score (nSPS) is 14.6. The van der Waals surface area contributed by atoms with Crippen LogP contribution in [-0.2, 0) is 0 Å². The fraction of sp³-hybridized carbons (Fsp3) is 0.353. The molecule has 3 aromatic rings. The summed E-state index contributed by atoms with van der Waals surface area (Å²) in [5.74, 6) is 1.29. The van der Waals surface area contributed by atoms with Gasteiger partial charge in [0, 0.05) is 19.3 Å². The van der Waals surface area contributed by atoms with E-state index in [0.717, 1.165) is 29.7 Å². The van der Waals surface area contributed by atoms with Crippen LogP contribution < -0.4 is 9.64 Å². The molecule has 1 saturated heterocycles. The third-order valence-corrected chi connectivity index (χ3v) is 4.28. The van der Waals surface area contributed by atoms with Gasteiger partial charge in [0.05, 0.1) is 12.8 Å². The van der Waals surface area contributed by atoms with Crippen molar-refractivity contribution in [2.45, 2.75) is 19.8 Å². The van der Waals surface area contributed by atoms with Gasteiger partial charge in [-0.2, -0.15) is 9.97 Å². The molecule has 0 bridgehead atoms. The van der Waals surface area contributed by atoms with Crippen LogP contribution in [0.3, 0.4) is 0 Å². The second-order valence-electron chi connectivity index (χ2n) is 5.82. The zero-order chi connectivity index (χ0) is 15.8. The fourth-order valence-electron chi connectivity index (χ4n) is 3.03. The number of nitrogens with zero attached hydrogens (tertiary/aromatic N) is 5. The van der Waals surface area contributed by atoms with Crippen LogP contribution in [0.1, 0.15) is 18.4 Å². The summed E-state index contributed by atoms with van der Waals surface area (Å²) in [6.07, 6.45) is 4.30. The van der Waals surface area contributed by atoms with E-state index in [4.69, 9.17) is 4.74 Å². The molecule has 4 rings (SSSR count). The number of hydrogen-bond donors (Lipinski definition) is 0. The van der Waals surface area contributed by atoms with Gasteiger partial charge >= 0.3 is 0 Å². The van der Waals surface area contributed by atoms with E-state index >= 15 is 0 Å². The van der Waals surface area contributed by atoms with Gasteiger partial charge in [0.15, 0.2) is 5.65 Å². The lowest BCUT2D eigenvalue weighted by atomic mass is 10.2. The van der Waals surface area contributed by atoms with Crippen LogP contribution in [-0.4, -0.2) is 39.9 Å². The molecule has 0 saturated carbocycles. The highest BCUT2D eigenvalue weighted by atomic mass is 16.5. The van der Waals surface area contributed by atoms with Crippen molar-refractivity contribution in [1.82, 2.24) is 19.7 Å². The number of aromatic nitrogens is 4. The quantitative estimate of drug-likeness (QED) is 0.744. The van der Waals surface area contributed by atoms with E-state index < -0.39 is 0 Å². The molecule has 1 fully saturated rings. The Labute approximate surface area is 134 Å². The Balaban J connectivity index is 1.85. The van der Waals surface area contributed by atoms with Crippen molar-refractivity contribution in [3.8, 4) is 11.6 Å². The number of para-hydroxylation sites is 1. The van der Waals surface area contributed by atoms with Gasteiger partial charge in [-0.3, -0.25) is 0 Å². The zero-order valence-electron chi connectivity index (χ0n) is 13.4. The van der Waals surface area contributed by atoms with Crippen molar-refractivity contribution < 1.29 is 4.74 Å². The first-order valence-corrected chi connectivity index (χ1v) is 7.88. The molecule has 118 valence electrons. The van der Waals surface area contributed by atoms with E-state index in [0.29, 0.717) is 17.5 Å². The Kier molecular flexibility index (Phi) is 3.37. The molecule has 1 aliphatic heterocycles. The van der Waals surface area contributed by atoms with Crippen molar-refractivity contribution in [3.63, 3.8) is 0 Å². The highest BCUT2D eigenvalue weighted by molar-refractivity contribution is 5.81. The van der Waals surface area contributed by atoms with Crippen molar-refractivity contribution in [3.05, 3.63) is 36.0 Å². The lowest BCUT2D eigenvalue weighted by Gasteiger charge is -2.15. The van der Waals surface area contributed by atoms with E-state index in [1.54, 1.807) is 7.11 Å². The van der Waals surface area contributed by atoms with Gasteiger partial charge in [0.2, 0.25) is 11.8 Å². The molecule has 0 unspecified atom stereocenters. The first-order chi connectivity index (χ1) is 11.3. The molecule has 2 aromatic heterocycles. The molecular weight excluding hydrogens is 290 g/mol. The third-order valence-electron chi connectivity index (χ3n) is 4.28. The van der Waals surface area contributed by atoms with Gasteiger partial charge in [-0.05, 0) is 31.4 Å². The van der Waals surface area contributed by atoms with Crippen molar-refractivity contribution >= 4 is 17.0 Å². The molecule has 3 heterocycles. The van der Waals surface area contributed by atoms with E-state index in [9.17, 15) is 0 Å². The minimum absolute atomic E-state index is 0.580. The monoisotopic (exact) mass is 309 g/mol. The van der Waals surface area contributed by atoms with Crippen LogP contribution >= 0.6 is 0 Å². The topological polar surface area (TPSA) is 56.1 Å². The third kappa shape index (κ3) is 2.40. The van der Waals surface area contributed by atoms with Crippen molar-refractivity contribution in [2.24, 2.45) is 0 Å². The van der Waals surface area contributed by atoms with E-state index in [1.807, 2.05) is 29.1 Å². The summed E-state index contributed by atoms with van der Waals surface area (Å²) in [5, 5.41) is 5.48. The summed E-state index contributed by atoms with van der Waals surface area (Å²) in [6.45, 7) is 4.06. The molecule has 0 atom stereocenters. The molecule has 6 heteroatoms. The first-order valence-electron chi connectivity index (χ1n) is 7.88.